The molecule has 0 bridgehead atoms. The molecule has 0 spiro atoms. The van der Waals surface area contributed by atoms with Gasteiger partial charge in [0.25, 0.3) is 0 Å². The number of nitrogens with zero attached hydrogens (tertiary/aromatic N) is 2. The van der Waals surface area contributed by atoms with Gasteiger partial charge in [-0.3, -0.25) is 9.78 Å². The highest BCUT2D eigenvalue weighted by Crippen LogP contribution is 2.19. The summed E-state index contributed by atoms with van der Waals surface area (Å²) in [5.41, 5.74) is 1.70. The molecule has 1 N–H and O–H groups in total. The first kappa shape index (κ1) is 19.9. The number of ether oxygens (including phenoxy) is 1. The fourth-order valence-electron chi connectivity index (χ4n) is 2.69. The molecule has 6 nitrogen and oxygen atoms in total. The molecule has 1 aliphatic heterocycles. The van der Waals surface area contributed by atoms with Gasteiger partial charge in [-0.15, -0.1) is 0 Å². The number of hydrogen-bond donors (Lipinski definition) is 1. The molecular formula is C20H29N3O3. The van der Waals surface area contributed by atoms with Gasteiger partial charge in [0, 0.05) is 25.7 Å². The monoisotopic (exact) mass is 359 g/mol. The number of aromatic nitrogens is 1. The molecule has 0 atom stereocenters. The summed E-state index contributed by atoms with van der Waals surface area (Å²) >= 11 is 0. The summed E-state index contributed by atoms with van der Waals surface area (Å²) in [5.74, 6) is 0.0266. The highest BCUT2D eigenvalue weighted by atomic mass is 16.6. The maximum atomic E-state index is 12.0. The van der Waals surface area contributed by atoms with E-state index in [4.69, 9.17) is 4.74 Å². The molecule has 2 rings (SSSR count). The average Bonchev–Trinajstić information content (AvgIpc) is 2.60. The number of nitrogens with one attached hydrogen (secondary N) is 1. The summed E-state index contributed by atoms with van der Waals surface area (Å²) in [6, 6.07) is 5.65. The minimum Gasteiger partial charge on any atom is -0.444 e. The van der Waals surface area contributed by atoms with Crippen molar-refractivity contribution in [3.8, 4) is 0 Å². The Morgan fingerprint density at radius 3 is 2.62 bits per heavy atom. The summed E-state index contributed by atoms with van der Waals surface area (Å²) in [5, 5.41) is 2.88. The van der Waals surface area contributed by atoms with Crippen LogP contribution in [0.3, 0.4) is 0 Å². The molecule has 1 fully saturated rings. The lowest BCUT2D eigenvalue weighted by molar-refractivity contribution is -0.121. The summed E-state index contributed by atoms with van der Waals surface area (Å²) in [7, 11) is 0. The minimum absolute atomic E-state index is 0.0266. The van der Waals surface area contributed by atoms with Gasteiger partial charge >= 0.3 is 6.09 Å². The van der Waals surface area contributed by atoms with Crippen molar-refractivity contribution in [2.45, 2.75) is 58.6 Å². The second-order valence-corrected chi connectivity index (χ2v) is 7.47. The van der Waals surface area contributed by atoms with Gasteiger partial charge in [-0.1, -0.05) is 17.7 Å². The summed E-state index contributed by atoms with van der Waals surface area (Å²) in [4.78, 5) is 29.9. The van der Waals surface area contributed by atoms with Crippen LogP contribution < -0.4 is 5.32 Å². The maximum Gasteiger partial charge on any atom is 0.410 e. The molecule has 1 saturated heterocycles. The number of hydrogen-bond acceptors (Lipinski definition) is 4. The number of pyridine rings is 1. The highest BCUT2D eigenvalue weighted by Gasteiger charge is 2.24. The third-order valence-corrected chi connectivity index (χ3v) is 4.05. The predicted molar refractivity (Wildman–Crippen MR) is 100 cm³/mol. The van der Waals surface area contributed by atoms with Gasteiger partial charge in [0.05, 0.1) is 12.2 Å². The SMILES string of the molecule is CC(C)(C)OC(=O)N1CCC(=CCCC(=O)NCc2ccccn2)CC1. The first-order valence-electron chi connectivity index (χ1n) is 9.16. The second kappa shape index (κ2) is 9.36. The Bertz CT molecular complexity index is 625. The Morgan fingerprint density at radius 1 is 1.27 bits per heavy atom. The van der Waals surface area contributed by atoms with E-state index in [1.54, 1.807) is 11.1 Å². The van der Waals surface area contributed by atoms with E-state index in [2.05, 4.69) is 16.4 Å². The molecule has 142 valence electrons. The van der Waals surface area contributed by atoms with E-state index >= 15 is 0 Å². The van der Waals surface area contributed by atoms with Crippen molar-refractivity contribution in [1.82, 2.24) is 15.2 Å². The van der Waals surface area contributed by atoms with E-state index in [9.17, 15) is 9.59 Å². The van der Waals surface area contributed by atoms with E-state index in [-0.39, 0.29) is 12.0 Å². The number of amides is 2. The molecule has 1 aromatic heterocycles. The number of allylic oxidation sites excluding steroid dienone is 1. The molecule has 0 aliphatic carbocycles. The molecule has 0 unspecified atom stereocenters. The number of carbonyl (C=O) groups is 2. The summed E-state index contributed by atoms with van der Waals surface area (Å²) in [6.07, 6.45) is 6.47. The fraction of sp³-hybridized carbons (Fsp3) is 0.550. The Hall–Kier alpha value is -2.37. The lowest BCUT2D eigenvalue weighted by Crippen LogP contribution is -2.40. The van der Waals surface area contributed by atoms with Crippen LogP contribution in [-0.2, 0) is 16.1 Å². The van der Waals surface area contributed by atoms with Crippen molar-refractivity contribution < 1.29 is 14.3 Å². The molecule has 2 amide bonds. The minimum atomic E-state index is -0.462. The molecular weight excluding hydrogens is 330 g/mol. The van der Waals surface area contributed by atoms with E-state index in [1.807, 2.05) is 39.0 Å². The van der Waals surface area contributed by atoms with E-state index in [0.29, 0.717) is 26.1 Å². The summed E-state index contributed by atoms with van der Waals surface area (Å²) < 4.78 is 5.40. The van der Waals surface area contributed by atoms with Crippen LogP contribution in [-0.4, -0.2) is 40.6 Å². The predicted octanol–water partition coefficient (Wildman–Crippen LogP) is 3.44. The zero-order valence-electron chi connectivity index (χ0n) is 16.0. The van der Waals surface area contributed by atoms with Crippen molar-refractivity contribution in [2.75, 3.05) is 13.1 Å². The Morgan fingerprint density at radius 2 is 2.00 bits per heavy atom. The molecule has 0 aromatic carbocycles. The zero-order valence-corrected chi connectivity index (χ0v) is 16.0. The van der Waals surface area contributed by atoms with Crippen LogP contribution in [0, 0.1) is 0 Å². The standard InChI is InChI=1S/C20H29N3O3/c1-20(2,3)26-19(25)23-13-10-16(11-14-23)7-6-9-18(24)22-15-17-8-4-5-12-21-17/h4-5,7-8,12H,6,9-11,13-15H2,1-3H3,(H,22,24). The van der Waals surface area contributed by atoms with Gasteiger partial charge in [-0.05, 0) is 52.2 Å². The number of carbonyl (C=O) groups excluding carboxylic acids is 2. The molecule has 26 heavy (non-hydrogen) atoms. The number of likely N-dealkylation sites (tertiary alicyclic amines) is 1. The molecule has 2 heterocycles. The molecule has 1 aromatic rings. The van der Waals surface area contributed by atoms with Crippen LogP contribution in [0.2, 0.25) is 0 Å². The van der Waals surface area contributed by atoms with Crippen molar-refractivity contribution >= 4 is 12.0 Å². The zero-order chi connectivity index (χ0) is 19.0. The van der Waals surface area contributed by atoms with Gasteiger partial charge in [0.2, 0.25) is 5.91 Å². The first-order chi connectivity index (χ1) is 12.3. The largest absolute Gasteiger partial charge is 0.444 e. The quantitative estimate of drug-likeness (QED) is 0.818. The van der Waals surface area contributed by atoms with Gasteiger partial charge < -0.3 is 15.0 Å². The van der Waals surface area contributed by atoms with E-state index < -0.39 is 5.60 Å². The number of piperidine rings is 1. The first-order valence-corrected chi connectivity index (χ1v) is 9.16. The Kier molecular flexibility index (Phi) is 7.18. The average molecular weight is 359 g/mol. The summed E-state index contributed by atoms with van der Waals surface area (Å²) in [6.45, 7) is 7.43. The van der Waals surface area contributed by atoms with Crippen LogP contribution in [0.25, 0.3) is 0 Å². The van der Waals surface area contributed by atoms with Gasteiger partial charge in [-0.2, -0.15) is 0 Å². The van der Waals surface area contributed by atoms with Crippen LogP contribution in [0.5, 0.6) is 0 Å². The molecule has 6 heteroatoms. The third kappa shape index (κ3) is 7.25. The lowest BCUT2D eigenvalue weighted by atomic mass is 10.0. The van der Waals surface area contributed by atoms with Crippen molar-refractivity contribution in [3.05, 3.63) is 41.7 Å². The van der Waals surface area contributed by atoms with Crippen molar-refractivity contribution in [2.24, 2.45) is 0 Å². The van der Waals surface area contributed by atoms with Crippen molar-refractivity contribution in [1.29, 1.82) is 0 Å². The fourth-order valence-corrected chi connectivity index (χ4v) is 2.69. The van der Waals surface area contributed by atoms with Crippen molar-refractivity contribution in [3.63, 3.8) is 0 Å². The topological polar surface area (TPSA) is 71.5 Å². The van der Waals surface area contributed by atoms with Crippen LogP contribution in [0.15, 0.2) is 36.0 Å². The number of rotatable bonds is 5. The van der Waals surface area contributed by atoms with E-state index in [1.165, 1.54) is 5.57 Å². The molecule has 0 radical (unpaired) electrons. The van der Waals surface area contributed by atoms with Crippen LogP contribution in [0.4, 0.5) is 4.79 Å². The lowest BCUT2D eigenvalue weighted by Gasteiger charge is -2.31. The third-order valence-electron chi connectivity index (χ3n) is 4.05. The van der Waals surface area contributed by atoms with Gasteiger partial charge in [-0.25, -0.2) is 4.79 Å². The van der Waals surface area contributed by atoms with Gasteiger partial charge in [0.1, 0.15) is 5.60 Å². The van der Waals surface area contributed by atoms with E-state index in [0.717, 1.165) is 25.0 Å². The van der Waals surface area contributed by atoms with Crippen LogP contribution in [0.1, 0.15) is 52.1 Å². The van der Waals surface area contributed by atoms with Gasteiger partial charge in [0.15, 0.2) is 0 Å². The smallest absolute Gasteiger partial charge is 0.410 e. The Labute approximate surface area is 155 Å². The normalized spacial score (nSPS) is 14.7. The highest BCUT2D eigenvalue weighted by molar-refractivity contribution is 5.75. The molecule has 0 saturated carbocycles. The molecule has 1 aliphatic rings. The second-order valence-electron chi connectivity index (χ2n) is 7.47. The van der Waals surface area contributed by atoms with Crippen LogP contribution >= 0.6 is 0 Å². The Balaban J connectivity index is 1.65. The maximum absolute atomic E-state index is 12.0.